The molecule has 1 fully saturated rings. The number of ether oxygens (including phenoxy) is 1. The molecule has 0 saturated carbocycles. The number of carbonyl (C=O) groups excluding carboxylic acids is 2. The van der Waals surface area contributed by atoms with Crippen LogP contribution in [0.5, 0.6) is 0 Å². The highest BCUT2D eigenvalue weighted by molar-refractivity contribution is 14.0. The lowest BCUT2D eigenvalue weighted by atomic mass is 10.1. The van der Waals surface area contributed by atoms with Crippen molar-refractivity contribution < 1.29 is 14.3 Å². The van der Waals surface area contributed by atoms with E-state index in [4.69, 9.17) is 4.74 Å². The van der Waals surface area contributed by atoms with Crippen molar-refractivity contribution in [2.75, 3.05) is 31.6 Å². The fourth-order valence-electron chi connectivity index (χ4n) is 2.94. The summed E-state index contributed by atoms with van der Waals surface area (Å²) in [6, 6.07) is 8.01. The molecule has 1 heterocycles. The van der Waals surface area contributed by atoms with Crippen molar-refractivity contribution in [1.82, 2.24) is 16.0 Å². The number of amides is 2. The van der Waals surface area contributed by atoms with Crippen LogP contribution in [0.3, 0.4) is 0 Å². The normalized spacial score (nSPS) is 14.6. The summed E-state index contributed by atoms with van der Waals surface area (Å²) in [4.78, 5) is 29.7. The van der Waals surface area contributed by atoms with Gasteiger partial charge < -0.3 is 25.6 Å². The lowest BCUT2D eigenvalue weighted by Crippen LogP contribution is -2.42. The van der Waals surface area contributed by atoms with Crippen LogP contribution in [0.15, 0.2) is 29.3 Å². The molecule has 1 aliphatic heterocycles. The van der Waals surface area contributed by atoms with Gasteiger partial charge in [0, 0.05) is 45.3 Å². The van der Waals surface area contributed by atoms with E-state index in [9.17, 15) is 9.59 Å². The molecule has 1 aromatic carbocycles. The number of anilines is 1. The number of nitrogens with zero attached hydrogens (tertiary/aromatic N) is 2. The molecule has 0 spiro atoms. The molecule has 1 aliphatic rings. The molecule has 0 unspecified atom stereocenters. The Labute approximate surface area is 196 Å². The van der Waals surface area contributed by atoms with Crippen molar-refractivity contribution in [3.63, 3.8) is 0 Å². The molecule has 2 rings (SSSR count). The lowest BCUT2D eigenvalue weighted by molar-refractivity contribution is -0.119. The van der Waals surface area contributed by atoms with Gasteiger partial charge in [-0.1, -0.05) is 12.1 Å². The van der Waals surface area contributed by atoms with Gasteiger partial charge >= 0.3 is 6.09 Å². The van der Waals surface area contributed by atoms with Crippen molar-refractivity contribution in [3.8, 4) is 0 Å². The van der Waals surface area contributed by atoms with Crippen LogP contribution in [0, 0.1) is 0 Å². The average Bonchev–Trinajstić information content (AvgIpc) is 2.67. The lowest BCUT2D eigenvalue weighted by Gasteiger charge is -2.26. The van der Waals surface area contributed by atoms with E-state index in [1.54, 1.807) is 7.05 Å². The van der Waals surface area contributed by atoms with E-state index < -0.39 is 11.7 Å². The molecule has 30 heavy (non-hydrogen) atoms. The second-order valence-corrected chi connectivity index (χ2v) is 7.95. The molecule has 0 atom stereocenters. The maximum absolute atomic E-state index is 12.0. The third kappa shape index (κ3) is 9.19. The zero-order valence-electron chi connectivity index (χ0n) is 18.3. The molecule has 0 radical (unpaired) electrons. The Kier molecular flexibility index (Phi) is 10.9. The van der Waals surface area contributed by atoms with Gasteiger partial charge in [-0.2, -0.15) is 0 Å². The number of rotatable bonds is 6. The van der Waals surface area contributed by atoms with Gasteiger partial charge in [-0.25, -0.2) is 4.79 Å². The number of halogens is 1. The minimum Gasteiger partial charge on any atom is -0.444 e. The Morgan fingerprint density at radius 1 is 1.10 bits per heavy atom. The summed E-state index contributed by atoms with van der Waals surface area (Å²) >= 11 is 0. The number of piperidine rings is 1. The quantitative estimate of drug-likeness (QED) is 0.227. The third-order valence-electron chi connectivity index (χ3n) is 4.34. The Morgan fingerprint density at radius 2 is 1.77 bits per heavy atom. The molecule has 168 valence electrons. The van der Waals surface area contributed by atoms with E-state index in [0.717, 1.165) is 30.6 Å². The van der Waals surface area contributed by atoms with Gasteiger partial charge in [0.2, 0.25) is 5.91 Å². The SMILES string of the molecule is CN=C(NCCNC(=O)OC(C)(C)C)NCc1ccc(N2CCCCC2=O)cc1.I. The molecule has 3 N–H and O–H groups in total. The Bertz CT molecular complexity index is 716. The van der Waals surface area contributed by atoms with E-state index in [1.807, 2.05) is 49.9 Å². The topological polar surface area (TPSA) is 95.1 Å². The van der Waals surface area contributed by atoms with Crippen LogP contribution >= 0.6 is 24.0 Å². The molecule has 0 aromatic heterocycles. The second kappa shape index (κ2) is 12.6. The first-order chi connectivity index (χ1) is 13.8. The number of guanidine groups is 1. The minimum absolute atomic E-state index is 0. The highest BCUT2D eigenvalue weighted by Gasteiger charge is 2.19. The zero-order valence-corrected chi connectivity index (χ0v) is 20.6. The number of alkyl carbamates (subject to hydrolysis) is 1. The van der Waals surface area contributed by atoms with Gasteiger partial charge in [0.25, 0.3) is 0 Å². The summed E-state index contributed by atoms with van der Waals surface area (Å²) in [5.41, 5.74) is 1.54. The summed E-state index contributed by atoms with van der Waals surface area (Å²) in [7, 11) is 1.70. The van der Waals surface area contributed by atoms with Crippen molar-refractivity contribution in [3.05, 3.63) is 29.8 Å². The van der Waals surface area contributed by atoms with Crippen LogP contribution in [0.1, 0.15) is 45.6 Å². The summed E-state index contributed by atoms with van der Waals surface area (Å²) in [5, 5.41) is 9.07. The van der Waals surface area contributed by atoms with E-state index in [0.29, 0.717) is 32.0 Å². The molecule has 8 nitrogen and oxygen atoms in total. The highest BCUT2D eigenvalue weighted by Crippen LogP contribution is 2.21. The second-order valence-electron chi connectivity index (χ2n) is 7.95. The van der Waals surface area contributed by atoms with Crippen LogP contribution < -0.4 is 20.9 Å². The van der Waals surface area contributed by atoms with E-state index >= 15 is 0 Å². The smallest absolute Gasteiger partial charge is 0.407 e. The van der Waals surface area contributed by atoms with Crippen molar-refractivity contribution >= 4 is 47.6 Å². The Morgan fingerprint density at radius 3 is 2.37 bits per heavy atom. The maximum Gasteiger partial charge on any atom is 0.407 e. The Balaban J connectivity index is 0.00000450. The monoisotopic (exact) mass is 531 g/mol. The number of hydrogen-bond acceptors (Lipinski definition) is 4. The summed E-state index contributed by atoms with van der Waals surface area (Å²) in [6.45, 7) is 7.83. The third-order valence-corrected chi connectivity index (χ3v) is 4.34. The van der Waals surface area contributed by atoms with Crippen molar-refractivity contribution in [2.24, 2.45) is 4.99 Å². The van der Waals surface area contributed by atoms with Gasteiger partial charge in [0.1, 0.15) is 5.60 Å². The van der Waals surface area contributed by atoms with E-state index in [2.05, 4.69) is 20.9 Å². The fourth-order valence-corrected chi connectivity index (χ4v) is 2.94. The first kappa shape index (κ1) is 26.0. The largest absolute Gasteiger partial charge is 0.444 e. The van der Waals surface area contributed by atoms with Crippen LogP contribution in [0.4, 0.5) is 10.5 Å². The molecule has 9 heteroatoms. The van der Waals surface area contributed by atoms with Crippen LogP contribution in [0.2, 0.25) is 0 Å². The number of hydrogen-bond donors (Lipinski definition) is 3. The fraction of sp³-hybridized carbons (Fsp3) is 0.571. The molecule has 0 bridgehead atoms. The van der Waals surface area contributed by atoms with Crippen molar-refractivity contribution in [2.45, 2.75) is 52.2 Å². The number of aliphatic imine (C=N–C) groups is 1. The summed E-state index contributed by atoms with van der Waals surface area (Å²) in [5.74, 6) is 0.845. The molecular formula is C21H34IN5O3. The zero-order chi connectivity index (χ0) is 21.3. The van der Waals surface area contributed by atoms with Gasteiger partial charge in [-0.3, -0.25) is 9.79 Å². The van der Waals surface area contributed by atoms with Gasteiger partial charge in [-0.15, -0.1) is 24.0 Å². The van der Waals surface area contributed by atoms with Crippen LogP contribution in [-0.2, 0) is 16.1 Å². The standard InChI is InChI=1S/C21H33N5O3.HI/c1-21(2,3)29-20(28)24-13-12-23-19(22-4)25-15-16-8-10-17(11-9-16)26-14-6-5-7-18(26)27;/h8-11H,5-7,12-15H2,1-4H3,(H,24,28)(H2,22,23,25);1H. The Hall–Kier alpha value is -2.04. The van der Waals surface area contributed by atoms with Gasteiger partial charge in [0.05, 0.1) is 0 Å². The van der Waals surface area contributed by atoms with Crippen molar-refractivity contribution in [1.29, 1.82) is 0 Å². The highest BCUT2D eigenvalue weighted by atomic mass is 127. The number of benzene rings is 1. The summed E-state index contributed by atoms with van der Waals surface area (Å²) < 4.78 is 5.19. The average molecular weight is 531 g/mol. The molecular weight excluding hydrogens is 497 g/mol. The molecule has 1 aromatic rings. The first-order valence-corrected chi connectivity index (χ1v) is 10.1. The predicted octanol–water partition coefficient (Wildman–Crippen LogP) is 3.01. The van der Waals surface area contributed by atoms with E-state index in [-0.39, 0.29) is 29.9 Å². The molecule has 0 aliphatic carbocycles. The molecule has 1 saturated heterocycles. The number of nitrogens with one attached hydrogen (secondary N) is 3. The summed E-state index contributed by atoms with van der Waals surface area (Å²) in [6.07, 6.45) is 2.24. The molecule has 2 amide bonds. The van der Waals surface area contributed by atoms with Crippen LogP contribution in [-0.4, -0.2) is 50.2 Å². The van der Waals surface area contributed by atoms with Gasteiger partial charge in [-0.05, 0) is 51.3 Å². The first-order valence-electron chi connectivity index (χ1n) is 10.1. The predicted molar refractivity (Wildman–Crippen MR) is 130 cm³/mol. The van der Waals surface area contributed by atoms with E-state index in [1.165, 1.54) is 0 Å². The minimum atomic E-state index is -0.508. The van der Waals surface area contributed by atoms with Crippen LogP contribution in [0.25, 0.3) is 0 Å². The maximum atomic E-state index is 12.0. The van der Waals surface area contributed by atoms with Gasteiger partial charge in [0.15, 0.2) is 5.96 Å². The number of carbonyl (C=O) groups is 2.